The van der Waals surface area contributed by atoms with Crippen molar-refractivity contribution in [1.29, 1.82) is 0 Å². The van der Waals surface area contributed by atoms with Gasteiger partial charge in [-0.25, -0.2) is 4.79 Å². The maximum absolute atomic E-state index is 12.1. The van der Waals surface area contributed by atoms with Crippen molar-refractivity contribution in [3.63, 3.8) is 0 Å². The molecule has 0 spiro atoms. The van der Waals surface area contributed by atoms with Crippen LogP contribution in [0.2, 0.25) is 0 Å². The van der Waals surface area contributed by atoms with Gasteiger partial charge in [0.05, 0.1) is 30.5 Å². The molecule has 1 aromatic rings. The molecule has 1 rings (SSSR count). The van der Waals surface area contributed by atoms with Gasteiger partial charge in [-0.15, -0.1) is 0 Å². The molecule has 0 aliphatic heterocycles. The Kier molecular flexibility index (Phi) is 9.40. The van der Waals surface area contributed by atoms with Crippen LogP contribution in [0.3, 0.4) is 0 Å². The first kappa shape index (κ1) is 25.8. The number of hydroxylamine groups is 1. The van der Waals surface area contributed by atoms with Gasteiger partial charge in [0.1, 0.15) is 10.5 Å². The Morgan fingerprint density at radius 3 is 2.45 bits per heavy atom. The van der Waals surface area contributed by atoms with Crippen molar-refractivity contribution in [2.24, 2.45) is 5.16 Å². The first-order valence-electron chi connectivity index (χ1n) is 9.51. The van der Waals surface area contributed by atoms with Gasteiger partial charge in [-0.1, -0.05) is 12.1 Å². The minimum absolute atomic E-state index is 0.0932. The van der Waals surface area contributed by atoms with Crippen molar-refractivity contribution < 1.29 is 33.7 Å². The number of oxime groups is 1. The van der Waals surface area contributed by atoms with E-state index in [-0.39, 0.29) is 31.2 Å². The Morgan fingerprint density at radius 2 is 1.94 bits per heavy atom. The molecule has 1 aromatic heterocycles. The third kappa shape index (κ3) is 8.60. The van der Waals surface area contributed by atoms with Crippen LogP contribution in [0, 0.1) is 10.1 Å². The fraction of sp³-hybridized carbons (Fsp3) is 0.611. The number of nitrogens with zero attached hydrogens (tertiary/aromatic N) is 2. The van der Waals surface area contributed by atoms with E-state index in [2.05, 4.69) is 21.3 Å². The summed E-state index contributed by atoms with van der Waals surface area (Å²) < 4.78 is 9.93. The van der Waals surface area contributed by atoms with Gasteiger partial charge < -0.3 is 25.0 Å². The molecule has 0 radical (unpaired) electrons. The van der Waals surface area contributed by atoms with Crippen molar-refractivity contribution in [1.82, 2.24) is 16.1 Å². The van der Waals surface area contributed by atoms with E-state index in [0.717, 1.165) is 6.07 Å². The number of carbonyl (C=O) groups excluding carboxylic acids is 2. The van der Waals surface area contributed by atoms with Crippen LogP contribution in [0.25, 0.3) is 0 Å². The molecular formula is C18H29N5O8. The van der Waals surface area contributed by atoms with E-state index >= 15 is 0 Å². The molecule has 0 aromatic carbocycles. The van der Waals surface area contributed by atoms with E-state index in [1.165, 1.54) is 6.07 Å². The Labute approximate surface area is 179 Å². The van der Waals surface area contributed by atoms with Gasteiger partial charge >= 0.3 is 12.0 Å². The lowest BCUT2D eigenvalue weighted by atomic mass is 9.93. The van der Waals surface area contributed by atoms with Crippen LogP contribution in [-0.4, -0.2) is 58.7 Å². The van der Waals surface area contributed by atoms with E-state index in [1.54, 1.807) is 34.6 Å². The van der Waals surface area contributed by atoms with E-state index in [9.17, 15) is 24.9 Å². The van der Waals surface area contributed by atoms with Crippen LogP contribution in [-0.2, 0) is 9.57 Å². The molecule has 13 nitrogen and oxygen atoms in total. The summed E-state index contributed by atoms with van der Waals surface area (Å²) in [6.45, 7) is 8.82. The second-order valence-corrected chi connectivity index (χ2v) is 7.69. The summed E-state index contributed by atoms with van der Waals surface area (Å²) in [4.78, 5) is 38.9. The second-order valence-electron chi connectivity index (χ2n) is 7.69. The highest BCUT2D eigenvalue weighted by atomic mass is 16.7. The van der Waals surface area contributed by atoms with E-state index in [4.69, 9.17) is 14.0 Å². The second kappa shape index (κ2) is 11.3. The Balaban J connectivity index is 2.53. The first-order valence-corrected chi connectivity index (χ1v) is 9.51. The zero-order chi connectivity index (χ0) is 23.7. The number of hydrogen-bond acceptors (Lipinski definition) is 10. The molecule has 1 atom stereocenters. The number of nitro groups is 1. The Morgan fingerprint density at radius 1 is 1.26 bits per heavy atom. The number of furan rings is 1. The van der Waals surface area contributed by atoms with Crippen molar-refractivity contribution >= 4 is 23.6 Å². The molecule has 0 aliphatic rings. The monoisotopic (exact) mass is 443 g/mol. The maximum Gasteiger partial charge on any atom is 0.433 e. The minimum atomic E-state index is -0.955. The fourth-order valence-corrected chi connectivity index (χ4v) is 2.20. The molecule has 0 saturated heterocycles. The number of nitrogens with one attached hydrogen (secondary N) is 3. The standard InChI is InChI=1S/C18H29N5O8/c1-6-18(5,22-29-10-9-19-16(25)31-17(2,3)4)13(21-26)11-20-15(24)12-7-8-14(30-12)23(27)28/h7-8,22,26H,6,9-11H2,1-5H3,(H,19,25)(H,20,24). The van der Waals surface area contributed by atoms with Crippen molar-refractivity contribution in [2.75, 3.05) is 19.7 Å². The van der Waals surface area contributed by atoms with Crippen LogP contribution < -0.4 is 16.1 Å². The molecule has 4 N–H and O–H groups in total. The molecule has 0 fully saturated rings. The quantitative estimate of drug-likeness (QED) is 0.131. The van der Waals surface area contributed by atoms with Crippen molar-refractivity contribution in [3.8, 4) is 0 Å². The van der Waals surface area contributed by atoms with E-state index in [0.29, 0.717) is 6.42 Å². The number of hydrogen-bond donors (Lipinski definition) is 4. The number of carbonyl (C=O) groups is 2. The van der Waals surface area contributed by atoms with Crippen molar-refractivity contribution in [3.05, 3.63) is 28.0 Å². The minimum Gasteiger partial charge on any atom is -0.444 e. The molecule has 31 heavy (non-hydrogen) atoms. The molecular weight excluding hydrogens is 414 g/mol. The molecule has 1 heterocycles. The highest BCUT2D eigenvalue weighted by Gasteiger charge is 2.30. The topological polar surface area (TPSA) is 178 Å². The number of alkyl carbamates (subject to hydrolysis) is 1. The predicted molar refractivity (Wildman–Crippen MR) is 109 cm³/mol. The highest BCUT2D eigenvalue weighted by molar-refractivity contribution is 5.99. The van der Waals surface area contributed by atoms with Gasteiger partial charge in [-0.05, 0) is 40.2 Å². The predicted octanol–water partition coefficient (Wildman–Crippen LogP) is 1.96. The van der Waals surface area contributed by atoms with Gasteiger partial charge in [0.15, 0.2) is 5.76 Å². The van der Waals surface area contributed by atoms with E-state index < -0.39 is 33.9 Å². The zero-order valence-corrected chi connectivity index (χ0v) is 18.2. The normalized spacial score (nSPS) is 13.9. The molecule has 0 bridgehead atoms. The van der Waals surface area contributed by atoms with Gasteiger partial charge in [-0.2, -0.15) is 5.48 Å². The number of amides is 2. The Bertz CT molecular complexity index is 801. The molecule has 1 unspecified atom stereocenters. The summed E-state index contributed by atoms with van der Waals surface area (Å²) in [7, 11) is 0. The molecule has 0 saturated carbocycles. The van der Waals surface area contributed by atoms with Crippen LogP contribution >= 0.6 is 0 Å². The summed E-state index contributed by atoms with van der Waals surface area (Å²) in [5, 5.41) is 28.3. The number of rotatable bonds is 11. The molecule has 0 aliphatic carbocycles. The van der Waals surface area contributed by atoms with Crippen LogP contribution in [0.5, 0.6) is 0 Å². The van der Waals surface area contributed by atoms with Gasteiger partial charge in [0.2, 0.25) is 0 Å². The molecule has 2 amide bonds. The average molecular weight is 443 g/mol. The third-order valence-electron chi connectivity index (χ3n) is 4.05. The van der Waals surface area contributed by atoms with Gasteiger partial charge in [-0.3, -0.25) is 19.7 Å². The SMILES string of the molecule is CCC(C)(NOCCNC(=O)OC(C)(C)C)C(CNC(=O)c1ccc([N+](=O)[O-])o1)=NO. The molecule has 174 valence electrons. The smallest absolute Gasteiger partial charge is 0.433 e. The van der Waals surface area contributed by atoms with Crippen LogP contribution in [0.4, 0.5) is 10.7 Å². The van der Waals surface area contributed by atoms with Crippen LogP contribution in [0.1, 0.15) is 51.6 Å². The lowest BCUT2D eigenvalue weighted by Crippen LogP contribution is -2.53. The van der Waals surface area contributed by atoms with Gasteiger partial charge in [0, 0.05) is 6.54 Å². The fourth-order valence-electron chi connectivity index (χ4n) is 2.20. The summed E-state index contributed by atoms with van der Waals surface area (Å²) in [6.07, 6.45) is -0.151. The summed E-state index contributed by atoms with van der Waals surface area (Å²) in [5.74, 6) is -1.52. The first-order chi connectivity index (χ1) is 14.4. The van der Waals surface area contributed by atoms with Gasteiger partial charge in [0.25, 0.3) is 5.91 Å². The highest BCUT2D eigenvalue weighted by Crippen LogP contribution is 2.16. The van der Waals surface area contributed by atoms with Crippen LogP contribution in [0.15, 0.2) is 21.7 Å². The lowest BCUT2D eigenvalue weighted by Gasteiger charge is -2.29. The summed E-state index contributed by atoms with van der Waals surface area (Å²) in [6, 6.07) is 2.23. The largest absolute Gasteiger partial charge is 0.444 e. The average Bonchev–Trinajstić information content (AvgIpc) is 3.17. The molecule has 13 heteroatoms. The zero-order valence-electron chi connectivity index (χ0n) is 18.2. The third-order valence-corrected chi connectivity index (χ3v) is 4.05. The number of ether oxygens (including phenoxy) is 1. The maximum atomic E-state index is 12.1. The Hall–Kier alpha value is -3.19. The van der Waals surface area contributed by atoms with E-state index in [1.807, 2.05) is 0 Å². The lowest BCUT2D eigenvalue weighted by molar-refractivity contribution is -0.402. The summed E-state index contributed by atoms with van der Waals surface area (Å²) >= 11 is 0. The summed E-state index contributed by atoms with van der Waals surface area (Å²) in [5.41, 5.74) is 1.33. The van der Waals surface area contributed by atoms with Crippen molar-refractivity contribution in [2.45, 2.75) is 52.2 Å².